The number of nitrogens with one attached hydrogen (secondary N) is 1. The van der Waals surface area contributed by atoms with E-state index in [9.17, 15) is 0 Å². The van der Waals surface area contributed by atoms with Crippen LogP contribution < -0.4 is 10.1 Å². The molecule has 1 N–H and O–H groups in total. The molecule has 2 aromatic rings. The van der Waals surface area contributed by atoms with Gasteiger partial charge in [0, 0.05) is 24.5 Å². The van der Waals surface area contributed by atoms with Crippen molar-refractivity contribution in [2.75, 3.05) is 13.2 Å². The highest BCUT2D eigenvalue weighted by Crippen LogP contribution is 2.26. The number of rotatable bonds is 7. The molecule has 0 saturated carbocycles. The maximum Gasteiger partial charge on any atom is 0.221 e. The first-order valence-corrected chi connectivity index (χ1v) is 7.07. The van der Waals surface area contributed by atoms with E-state index in [0.717, 1.165) is 30.5 Å². The van der Waals surface area contributed by atoms with Gasteiger partial charge < -0.3 is 10.1 Å². The summed E-state index contributed by atoms with van der Waals surface area (Å²) in [6, 6.07) is 8.26. The van der Waals surface area contributed by atoms with Crippen molar-refractivity contribution in [2.45, 2.75) is 26.8 Å². The fourth-order valence-electron chi connectivity index (χ4n) is 2.06. The van der Waals surface area contributed by atoms with Gasteiger partial charge in [0.1, 0.15) is 0 Å². The smallest absolute Gasteiger partial charge is 0.221 e. The van der Waals surface area contributed by atoms with Crippen LogP contribution in [0, 0.1) is 0 Å². The lowest BCUT2D eigenvalue weighted by Gasteiger charge is -2.11. The monoisotopic (exact) mass is 270 g/mol. The fraction of sp³-hybridized carbons (Fsp3) is 0.353. The average molecular weight is 270 g/mol. The number of benzene rings is 1. The Hall–Kier alpha value is -1.87. The van der Waals surface area contributed by atoms with E-state index in [1.807, 2.05) is 19.2 Å². The minimum absolute atomic E-state index is 0.624. The summed E-state index contributed by atoms with van der Waals surface area (Å²) in [4.78, 5) is 4.46. The molecular weight excluding hydrogens is 248 g/mol. The van der Waals surface area contributed by atoms with Crippen LogP contribution in [-0.4, -0.2) is 18.1 Å². The minimum atomic E-state index is 0.624. The fourth-order valence-corrected chi connectivity index (χ4v) is 2.06. The van der Waals surface area contributed by atoms with E-state index >= 15 is 0 Å². The Balaban J connectivity index is 2.26. The second-order valence-electron chi connectivity index (χ2n) is 4.97. The molecule has 1 aromatic carbocycles. The molecule has 20 heavy (non-hydrogen) atoms. The van der Waals surface area contributed by atoms with Gasteiger partial charge in [-0.3, -0.25) is 0 Å². The SMILES string of the molecule is C=C(C)CCOc1ncc(CNCC)c2ccccc12. The standard InChI is InChI=1S/C17H22N2O/c1-4-18-11-14-12-19-17(20-10-9-13(2)3)16-8-6-5-7-15(14)16/h5-8,12,18H,2,4,9-11H2,1,3H3. The van der Waals surface area contributed by atoms with E-state index in [0.29, 0.717) is 12.5 Å². The van der Waals surface area contributed by atoms with Crippen LogP contribution in [0.3, 0.4) is 0 Å². The van der Waals surface area contributed by atoms with E-state index < -0.39 is 0 Å². The average Bonchev–Trinajstić information content (AvgIpc) is 2.46. The Morgan fingerprint density at radius 1 is 1.30 bits per heavy atom. The van der Waals surface area contributed by atoms with Gasteiger partial charge in [-0.05, 0) is 30.5 Å². The van der Waals surface area contributed by atoms with Crippen LogP contribution in [0.25, 0.3) is 10.8 Å². The third kappa shape index (κ3) is 3.58. The summed E-state index contributed by atoms with van der Waals surface area (Å²) < 4.78 is 5.80. The lowest BCUT2D eigenvalue weighted by Crippen LogP contribution is -2.12. The highest BCUT2D eigenvalue weighted by atomic mass is 16.5. The molecule has 3 nitrogen and oxygen atoms in total. The largest absolute Gasteiger partial charge is 0.477 e. The summed E-state index contributed by atoms with van der Waals surface area (Å²) in [5.41, 5.74) is 2.33. The van der Waals surface area contributed by atoms with Crippen LogP contribution in [0.4, 0.5) is 0 Å². The van der Waals surface area contributed by atoms with Gasteiger partial charge in [0.05, 0.1) is 6.61 Å². The molecule has 0 amide bonds. The molecule has 0 unspecified atom stereocenters. The quantitative estimate of drug-likeness (QED) is 0.779. The third-order valence-electron chi connectivity index (χ3n) is 3.17. The van der Waals surface area contributed by atoms with E-state index in [1.165, 1.54) is 10.9 Å². The number of fused-ring (bicyclic) bond motifs is 1. The van der Waals surface area contributed by atoms with Gasteiger partial charge in [-0.2, -0.15) is 0 Å². The van der Waals surface area contributed by atoms with Crippen molar-refractivity contribution in [1.29, 1.82) is 0 Å². The lowest BCUT2D eigenvalue weighted by atomic mass is 10.1. The number of hydrogen-bond donors (Lipinski definition) is 1. The highest BCUT2D eigenvalue weighted by Gasteiger charge is 2.07. The number of pyridine rings is 1. The van der Waals surface area contributed by atoms with E-state index in [4.69, 9.17) is 4.74 Å². The summed E-state index contributed by atoms with van der Waals surface area (Å²) >= 11 is 0. The molecule has 1 heterocycles. The molecule has 1 aromatic heterocycles. The van der Waals surface area contributed by atoms with Gasteiger partial charge in [-0.15, -0.1) is 6.58 Å². The second kappa shape index (κ2) is 7.06. The van der Waals surface area contributed by atoms with Crippen molar-refractivity contribution in [1.82, 2.24) is 10.3 Å². The number of ether oxygens (including phenoxy) is 1. The first kappa shape index (κ1) is 14.5. The molecule has 0 radical (unpaired) electrons. The zero-order valence-corrected chi connectivity index (χ0v) is 12.3. The second-order valence-corrected chi connectivity index (χ2v) is 4.97. The van der Waals surface area contributed by atoms with Crippen LogP contribution in [0.1, 0.15) is 25.8 Å². The van der Waals surface area contributed by atoms with Crippen molar-refractivity contribution < 1.29 is 4.74 Å². The summed E-state index contributed by atoms with van der Waals surface area (Å²) in [7, 11) is 0. The number of nitrogens with zero attached hydrogens (tertiary/aromatic N) is 1. The zero-order chi connectivity index (χ0) is 14.4. The van der Waals surface area contributed by atoms with Crippen molar-refractivity contribution >= 4 is 10.8 Å². The Morgan fingerprint density at radius 2 is 2.05 bits per heavy atom. The Bertz CT molecular complexity index is 593. The zero-order valence-electron chi connectivity index (χ0n) is 12.3. The molecule has 3 heteroatoms. The van der Waals surface area contributed by atoms with Crippen molar-refractivity contribution in [3.05, 3.63) is 48.2 Å². The maximum atomic E-state index is 5.80. The van der Waals surface area contributed by atoms with Gasteiger partial charge in [-0.25, -0.2) is 4.98 Å². The molecular formula is C17H22N2O. The van der Waals surface area contributed by atoms with Crippen molar-refractivity contribution in [2.24, 2.45) is 0 Å². The number of aromatic nitrogens is 1. The first-order valence-electron chi connectivity index (χ1n) is 7.07. The maximum absolute atomic E-state index is 5.80. The summed E-state index contributed by atoms with van der Waals surface area (Å²) in [5, 5.41) is 5.62. The van der Waals surface area contributed by atoms with Crippen LogP contribution in [-0.2, 0) is 6.54 Å². The molecule has 0 spiro atoms. The van der Waals surface area contributed by atoms with E-state index in [-0.39, 0.29) is 0 Å². The molecule has 0 aliphatic carbocycles. The minimum Gasteiger partial charge on any atom is -0.477 e. The number of hydrogen-bond acceptors (Lipinski definition) is 3. The third-order valence-corrected chi connectivity index (χ3v) is 3.17. The predicted octanol–water partition coefficient (Wildman–Crippen LogP) is 3.69. The van der Waals surface area contributed by atoms with Gasteiger partial charge in [0.2, 0.25) is 5.88 Å². The molecule has 106 valence electrons. The van der Waals surface area contributed by atoms with Crippen LogP contribution in [0.2, 0.25) is 0 Å². The summed E-state index contributed by atoms with van der Waals surface area (Å²) in [6.07, 6.45) is 2.76. The van der Waals surface area contributed by atoms with Gasteiger partial charge in [-0.1, -0.05) is 30.7 Å². The molecule has 0 atom stereocenters. The van der Waals surface area contributed by atoms with Crippen molar-refractivity contribution in [3.8, 4) is 5.88 Å². The van der Waals surface area contributed by atoms with Gasteiger partial charge in [0.15, 0.2) is 0 Å². The van der Waals surface area contributed by atoms with E-state index in [1.54, 1.807) is 0 Å². The Labute approximate surface area is 120 Å². The summed E-state index contributed by atoms with van der Waals surface area (Å²) in [5.74, 6) is 0.710. The van der Waals surface area contributed by atoms with Gasteiger partial charge >= 0.3 is 0 Å². The Kier molecular flexibility index (Phi) is 5.13. The predicted molar refractivity (Wildman–Crippen MR) is 84.0 cm³/mol. The lowest BCUT2D eigenvalue weighted by molar-refractivity contribution is 0.313. The molecule has 0 saturated heterocycles. The molecule has 0 bridgehead atoms. The topological polar surface area (TPSA) is 34.1 Å². The highest BCUT2D eigenvalue weighted by molar-refractivity contribution is 5.89. The summed E-state index contributed by atoms with van der Waals surface area (Å²) in [6.45, 7) is 10.4. The van der Waals surface area contributed by atoms with E-state index in [2.05, 4.69) is 42.0 Å². The first-order chi connectivity index (χ1) is 9.72. The molecule has 2 rings (SSSR count). The Morgan fingerprint density at radius 3 is 2.75 bits per heavy atom. The van der Waals surface area contributed by atoms with Crippen LogP contribution in [0.15, 0.2) is 42.6 Å². The molecule has 0 aliphatic rings. The van der Waals surface area contributed by atoms with Crippen LogP contribution in [0.5, 0.6) is 5.88 Å². The van der Waals surface area contributed by atoms with Crippen molar-refractivity contribution in [3.63, 3.8) is 0 Å². The molecule has 0 aliphatic heterocycles. The molecule has 0 fully saturated rings. The van der Waals surface area contributed by atoms with Gasteiger partial charge in [0.25, 0.3) is 0 Å². The normalized spacial score (nSPS) is 10.7. The van der Waals surface area contributed by atoms with Crippen LogP contribution >= 0.6 is 0 Å².